The predicted octanol–water partition coefficient (Wildman–Crippen LogP) is 2.81. The summed E-state index contributed by atoms with van der Waals surface area (Å²) in [6.45, 7) is 9.91. The normalized spacial score (nSPS) is 15.8. The Hall–Kier alpha value is -1.48. The van der Waals surface area contributed by atoms with E-state index in [1.165, 1.54) is 5.69 Å². The third kappa shape index (κ3) is 6.56. The predicted molar refractivity (Wildman–Crippen MR) is 103 cm³/mol. The Morgan fingerprint density at radius 2 is 2.08 bits per heavy atom. The molecule has 0 unspecified atom stereocenters. The van der Waals surface area contributed by atoms with Crippen LogP contribution in [-0.2, 0) is 4.79 Å². The number of likely N-dealkylation sites (tertiary alicyclic amines) is 1. The van der Waals surface area contributed by atoms with Crippen LogP contribution >= 0.6 is 24.8 Å². The summed E-state index contributed by atoms with van der Waals surface area (Å²) < 4.78 is 0. The lowest BCUT2D eigenvalue weighted by Gasteiger charge is -2.19. The van der Waals surface area contributed by atoms with Crippen molar-refractivity contribution in [3.05, 3.63) is 41.7 Å². The molecule has 1 saturated heterocycles. The first-order valence-corrected chi connectivity index (χ1v) is 7.85. The lowest BCUT2D eigenvalue weighted by atomic mass is 10.3. The Labute approximate surface area is 157 Å². The van der Waals surface area contributed by atoms with Crippen molar-refractivity contribution in [2.24, 2.45) is 0 Å². The third-order valence-electron chi connectivity index (χ3n) is 4.01. The molecular weight excluding hydrogens is 347 g/mol. The van der Waals surface area contributed by atoms with E-state index in [-0.39, 0.29) is 36.9 Å². The Kier molecular flexibility index (Phi) is 11.2. The number of carbonyl (C=O) groups excluding carboxylic acids is 1. The zero-order chi connectivity index (χ0) is 15.8. The first kappa shape index (κ1) is 22.5. The van der Waals surface area contributed by atoms with E-state index >= 15 is 0 Å². The van der Waals surface area contributed by atoms with Crippen molar-refractivity contribution in [1.82, 2.24) is 10.2 Å². The second kappa shape index (κ2) is 12.0. The highest BCUT2D eigenvalue weighted by Gasteiger charge is 2.32. The van der Waals surface area contributed by atoms with Gasteiger partial charge < -0.3 is 10.2 Å². The molecule has 24 heavy (non-hydrogen) atoms. The fourth-order valence-electron chi connectivity index (χ4n) is 2.72. The molecule has 1 fully saturated rings. The molecule has 1 amide bonds. The molecule has 0 aromatic heterocycles. The fraction of sp³-hybridized carbons (Fsp3) is 0.529. The maximum atomic E-state index is 12.0. The summed E-state index contributed by atoms with van der Waals surface area (Å²) in [5.41, 5.74) is 1.20. The van der Waals surface area contributed by atoms with Crippen molar-refractivity contribution in [2.45, 2.75) is 25.4 Å². The zero-order valence-electron chi connectivity index (χ0n) is 14.0. The van der Waals surface area contributed by atoms with Gasteiger partial charge in [-0.1, -0.05) is 18.2 Å². The summed E-state index contributed by atoms with van der Waals surface area (Å²) in [5.74, 6) is 0.0508. The fourth-order valence-corrected chi connectivity index (χ4v) is 2.72. The summed E-state index contributed by atoms with van der Waals surface area (Å²) in [5, 5.41) is 3.19. The quantitative estimate of drug-likeness (QED) is 0.590. The molecule has 7 heteroatoms. The molecule has 1 N–H and O–H groups in total. The maximum Gasteiger partial charge on any atom is 0.300 e. The molecule has 1 atom stereocenters. The highest BCUT2D eigenvalue weighted by molar-refractivity contribution is 5.85. The Morgan fingerprint density at radius 3 is 2.75 bits per heavy atom. The van der Waals surface area contributed by atoms with Crippen LogP contribution in [0.1, 0.15) is 19.3 Å². The molecule has 2 rings (SSSR count). The number of hydrogen-bond donors (Lipinski definition) is 1. The minimum Gasteiger partial charge on any atom is -0.375 e. The molecule has 5 nitrogen and oxygen atoms in total. The lowest BCUT2D eigenvalue weighted by molar-refractivity contribution is -0.130. The summed E-state index contributed by atoms with van der Waals surface area (Å²) >= 11 is 0. The lowest BCUT2D eigenvalue weighted by Crippen LogP contribution is -2.40. The smallest absolute Gasteiger partial charge is 0.300 e. The third-order valence-corrected chi connectivity index (χ3v) is 4.01. The number of hydrogen-bond acceptors (Lipinski definition) is 3. The van der Waals surface area contributed by atoms with Crippen LogP contribution in [0.25, 0.3) is 4.85 Å². The highest BCUT2D eigenvalue weighted by Crippen LogP contribution is 2.17. The first-order valence-electron chi connectivity index (χ1n) is 7.85. The van der Waals surface area contributed by atoms with E-state index in [0.717, 1.165) is 38.9 Å². The molecule has 0 aliphatic carbocycles. The van der Waals surface area contributed by atoms with Crippen molar-refractivity contribution in [1.29, 1.82) is 0 Å². The molecule has 0 bridgehead atoms. The van der Waals surface area contributed by atoms with Crippen LogP contribution in [0.3, 0.4) is 0 Å². The van der Waals surface area contributed by atoms with Gasteiger partial charge >= 0.3 is 6.17 Å². The van der Waals surface area contributed by atoms with Gasteiger partial charge in [0.05, 0.1) is 6.54 Å². The van der Waals surface area contributed by atoms with E-state index < -0.39 is 0 Å². The van der Waals surface area contributed by atoms with Crippen LogP contribution in [0, 0.1) is 6.57 Å². The zero-order valence-corrected chi connectivity index (χ0v) is 15.6. The molecule has 1 aromatic rings. The van der Waals surface area contributed by atoms with Crippen molar-refractivity contribution in [3.8, 4) is 0 Å². The van der Waals surface area contributed by atoms with Gasteiger partial charge in [-0.15, -0.1) is 24.8 Å². The maximum absolute atomic E-state index is 12.0. The van der Waals surface area contributed by atoms with Gasteiger partial charge in [-0.2, -0.15) is 0 Å². The van der Waals surface area contributed by atoms with Gasteiger partial charge in [0.2, 0.25) is 5.91 Å². The van der Waals surface area contributed by atoms with Crippen LogP contribution in [0.5, 0.6) is 0 Å². The van der Waals surface area contributed by atoms with E-state index in [0.29, 0.717) is 6.54 Å². The largest absolute Gasteiger partial charge is 0.375 e. The van der Waals surface area contributed by atoms with Gasteiger partial charge in [0, 0.05) is 32.2 Å². The second-order valence-corrected chi connectivity index (χ2v) is 5.63. The van der Waals surface area contributed by atoms with Crippen LogP contribution in [0.4, 0.5) is 5.69 Å². The first-order chi connectivity index (χ1) is 10.7. The average Bonchev–Trinajstić information content (AvgIpc) is 3.03. The summed E-state index contributed by atoms with van der Waals surface area (Å²) in [4.78, 5) is 19.5. The standard InChI is InChI=1S/C17H24N4O.2ClH/c1-18-16-10-6-13-21(16)17(22)14-19-11-7-12-20(2)15-8-4-3-5-9-15;;/h3-5,8-9,16,19H,6-7,10-14H2,2H3;2*1H/t16-;;/m0../s1. The Bertz CT molecular complexity index is 521. The SMILES string of the molecule is Cl.Cl.[C-]#[N+][C@@H]1CCCN1C(=O)CNCCCN(C)c1ccccc1. The van der Waals surface area contributed by atoms with Crippen LogP contribution in [-0.4, -0.2) is 50.2 Å². The molecule has 1 aliphatic rings. The average molecular weight is 373 g/mol. The Morgan fingerprint density at radius 1 is 1.38 bits per heavy atom. The Balaban J connectivity index is 0.00000264. The van der Waals surface area contributed by atoms with Gasteiger partial charge in [0.1, 0.15) is 0 Å². The molecule has 1 heterocycles. The van der Waals surface area contributed by atoms with Crippen molar-refractivity contribution >= 4 is 36.4 Å². The van der Waals surface area contributed by atoms with Crippen LogP contribution in [0.15, 0.2) is 30.3 Å². The monoisotopic (exact) mass is 372 g/mol. The highest BCUT2D eigenvalue weighted by atomic mass is 35.5. The number of rotatable bonds is 7. The number of amides is 1. The van der Waals surface area contributed by atoms with E-state index in [9.17, 15) is 4.79 Å². The molecule has 0 spiro atoms. The molecule has 0 saturated carbocycles. The number of para-hydroxylation sites is 1. The van der Waals surface area contributed by atoms with Gasteiger partial charge in [-0.3, -0.25) is 14.5 Å². The minimum absolute atomic E-state index is 0. The molecular formula is C17H26Cl2N4O. The number of carbonyl (C=O) groups is 1. The summed E-state index contributed by atoms with van der Waals surface area (Å²) in [6, 6.07) is 10.3. The van der Waals surface area contributed by atoms with Gasteiger partial charge in [0.25, 0.3) is 0 Å². The van der Waals surface area contributed by atoms with Crippen molar-refractivity contribution < 1.29 is 4.79 Å². The molecule has 1 aliphatic heterocycles. The summed E-state index contributed by atoms with van der Waals surface area (Å²) in [7, 11) is 2.07. The van der Waals surface area contributed by atoms with E-state index in [2.05, 4.69) is 34.2 Å². The molecule has 134 valence electrons. The second-order valence-electron chi connectivity index (χ2n) is 5.63. The van der Waals surface area contributed by atoms with E-state index in [1.807, 2.05) is 18.2 Å². The number of nitrogens with one attached hydrogen (secondary N) is 1. The van der Waals surface area contributed by atoms with Crippen LogP contribution < -0.4 is 10.2 Å². The number of halogens is 2. The van der Waals surface area contributed by atoms with Gasteiger partial charge in [-0.05, 0) is 31.5 Å². The topological polar surface area (TPSA) is 39.9 Å². The van der Waals surface area contributed by atoms with Crippen molar-refractivity contribution in [3.63, 3.8) is 0 Å². The number of benzene rings is 1. The molecule has 0 radical (unpaired) electrons. The molecule has 1 aromatic carbocycles. The minimum atomic E-state index is -0.237. The number of nitrogens with zero attached hydrogens (tertiary/aromatic N) is 3. The van der Waals surface area contributed by atoms with E-state index in [1.54, 1.807) is 4.90 Å². The number of anilines is 1. The van der Waals surface area contributed by atoms with E-state index in [4.69, 9.17) is 6.57 Å². The summed E-state index contributed by atoms with van der Waals surface area (Å²) in [6.07, 6.45) is 2.50. The van der Waals surface area contributed by atoms with Gasteiger partial charge in [0.15, 0.2) is 0 Å². The van der Waals surface area contributed by atoms with Crippen molar-refractivity contribution in [2.75, 3.05) is 38.1 Å². The van der Waals surface area contributed by atoms with Gasteiger partial charge in [-0.25, -0.2) is 6.57 Å². The van der Waals surface area contributed by atoms with Crippen LogP contribution in [0.2, 0.25) is 0 Å².